The summed E-state index contributed by atoms with van der Waals surface area (Å²) >= 11 is 0. The number of aromatic nitrogens is 2. The van der Waals surface area contributed by atoms with E-state index in [-0.39, 0.29) is 0 Å². The molecule has 0 unspecified atom stereocenters. The molecule has 0 spiro atoms. The van der Waals surface area contributed by atoms with Gasteiger partial charge in [0.15, 0.2) is 10.1 Å². The first-order valence-corrected chi connectivity index (χ1v) is 14.1. The van der Waals surface area contributed by atoms with E-state index in [1.165, 1.54) is 115 Å². The third-order valence-electron chi connectivity index (χ3n) is 5.83. The van der Waals surface area contributed by atoms with Crippen LogP contribution in [0.2, 0.25) is 0 Å². The third kappa shape index (κ3) is 15.7. The first kappa shape index (κ1) is 32.8. The minimum absolute atomic E-state index is 1.20. The van der Waals surface area contributed by atoms with E-state index in [0.717, 1.165) is 0 Å². The fraction of sp³-hybridized carbons (Fsp3) is 0.875. The molecule has 34 heavy (non-hydrogen) atoms. The van der Waals surface area contributed by atoms with Crippen LogP contribution in [0.25, 0.3) is 0 Å². The van der Waals surface area contributed by atoms with Crippen molar-refractivity contribution in [2.24, 2.45) is 7.05 Å². The summed E-state index contributed by atoms with van der Waals surface area (Å²) in [6.07, 6.45) is 23.9. The molecule has 10 heteroatoms. The monoisotopic (exact) mass is 516 g/mol. The molecular formula is C24H44F4N2O3S. The van der Waals surface area contributed by atoms with Gasteiger partial charge in [0.2, 0.25) is 0 Å². The Labute approximate surface area is 203 Å². The van der Waals surface area contributed by atoms with Crippen LogP contribution in [-0.4, -0.2) is 29.6 Å². The lowest BCUT2D eigenvalue weighted by molar-refractivity contribution is -0.677. The van der Waals surface area contributed by atoms with Crippen molar-refractivity contribution in [1.29, 1.82) is 0 Å². The van der Waals surface area contributed by atoms with Crippen LogP contribution in [0.1, 0.15) is 115 Å². The molecule has 0 amide bonds. The maximum absolute atomic E-state index is 11.4. The zero-order valence-electron chi connectivity index (χ0n) is 20.8. The summed E-state index contributed by atoms with van der Waals surface area (Å²) in [5.74, 6) is 1.36. The number of aromatic amines is 1. The molecule has 1 N–H and O–H groups in total. The lowest BCUT2D eigenvalue weighted by Gasteiger charge is -2.17. The zero-order chi connectivity index (χ0) is 25.9. The van der Waals surface area contributed by atoms with Crippen molar-refractivity contribution in [3.63, 3.8) is 0 Å². The van der Waals surface area contributed by atoms with Crippen LogP contribution in [0.3, 0.4) is 0 Å². The van der Waals surface area contributed by atoms with Crippen molar-refractivity contribution in [1.82, 2.24) is 4.98 Å². The highest BCUT2D eigenvalue weighted by molar-refractivity contribution is 7.86. The highest BCUT2D eigenvalue weighted by Crippen LogP contribution is 2.27. The number of rotatable bonds is 19. The van der Waals surface area contributed by atoms with Gasteiger partial charge in [-0.3, -0.25) is 0 Å². The van der Waals surface area contributed by atoms with E-state index in [9.17, 15) is 30.5 Å². The Morgan fingerprint density at radius 1 is 0.853 bits per heavy atom. The molecule has 0 aliphatic heterocycles. The number of aryl methyl sites for hydroxylation is 2. The molecule has 0 aliphatic rings. The molecule has 0 aliphatic carbocycles. The molecule has 0 saturated carbocycles. The maximum Gasteiger partial charge on any atom is 0.393 e. The first-order chi connectivity index (χ1) is 16.0. The lowest BCUT2D eigenvalue weighted by Crippen LogP contribution is -2.36. The molecule has 0 saturated heterocycles. The second-order valence-electron chi connectivity index (χ2n) is 8.89. The molecule has 0 atom stereocenters. The average Bonchev–Trinajstić information content (AvgIpc) is 3.17. The number of halogens is 4. The Hall–Kier alpha value is -1.16. The van der Waals surface area contributed by atoms with Crippen molar-refractivity contribution in [2.45, 2.75) is 128 Å². The minimum atomic E-state index is -6.23. The Bertz CT molecular complexity index is 713. The summed E-state index contributed by atoms with van der Waals surface area (Å²) in [7, 11) is -4.11. The van der Waals surface area contributed by atoms with Crippen molar-refractivity contribution < 1.29 is 35.1 Å². The smallest absolute Gasteiger partial charge is 0.393 e. The number of imidazole rings is 1. The van der Waals surface area contributed by atoms with E-state index in [1.54, 1.807) is 0 Å². The van der Waals surface area contributed by atoms with Gasteiger partial charge in [-0.25, -0.2) is 26.7 Å². The predicted octanol–water partition coefficient (Wildman–Crippen LogP) is 7.03. The van der Waals surface area contributed by atoms with Gasteiger partial charge >= 0.3 is 11.7 Å². The molecule has 202 valence electrons. The van der Waals surface area contributed by atoms with E-state index >= 15 is 0 Å². The first-order valence-electron chi connectivity index (χ1n) is 12.7. The van der Waals surface area contributed by atoms with Crippen molar-refractivity contribution >= 4 is 10.1 Å². The van der Waals surface area contributed by atoms with Gasteiger partial charge in [0.05, 0.1) is 7.05 Å². The largest absolute Gasteiger partial charge is 0.743 e. The quantitative estimate of drug-likeness (QED) is 0.0928. The summed E-state index contributed by atoms with van der Waals surface area (Å²) < 4.78 is 74.9. The van der Waals surface area contributed by atoms with Crippen molar-refractivity contribution in [3.8, 4) is 0 Å². The number of nitrogens with one attached hydrogen (secondary N) is 1. The van der Waals surface area contributed by atoms with Crippen LogP contribution in [0.4, 0.5) is 17.6 Å². The highest BCUT2D eigenvalue weighted by Gasteiger charge is 2.48. The van der Waals surface area contributed by atoms with Gasteiger partial charge < -0.3 is 4.55 Å². The lowest BCUT2D eigenvalue weighted by atomic mass is 10.0. The summed E-state index contributed by atoms with van der Waals surface area (Å²) in [6.45, 7) is 2.30. The van der Waals surface area contributed by atoms with Gasteiger partial charge in [-0.2, -0.15) is 8.78 Å². The Balaban J connectivity index is 0.000000916. The fourth-order valence-electron chi connectivity index (χ4n) is 3.64. The van der Waals surface area contributed by atoms with Crippen LogP contribution in [0.5, 0.6) is 0 Å². The SMILES string of the molecule is CCCCCCCCCCCCCCCCCCc1[nH]cc[n+]1C.O=S(=O)([O-])C(F)(F)C(F)F. The molecule has 1 aromatic heterocycles. The molecule has 5 nitrogen and oxygen atoms in total. The maximum atomic E-state index is 11.4. The highest BCUT2D eigenvalue weighted by atomic mass is 32.2. The van der Waals surface area contributed by atoms with Gasteiger partial charge in [0, 0.05) is 6.42 Å². The fourth-order valence-corrected chi connectivity index (χ4v) is 3.85. The molecule has 0 aromatic carbocycles. The second-order valence-corrected chi connectivity index (χ2v) is 10.3. The van der Waals surface area contributed by atoms with Crippen LogP contribution in [0, 0.1) is 0 Å². The Morgan fingerprint density at radius 3 is 1.50 bits per heavy atom. The summed E-state index contributed by atoms with van der Waals surface area (Å²) in [4.78, 5) is 3.32. The standard InChI is InChI=1S/C22H42N2.C2H2F4O3S/c1-3-4-5-6-7-8-9-10-11-12-13-14-15-16-17-18-19-22-23-20-21-24(22)2;3-1(4)2(5,6)10(7,8)9/h20-21H,3-19H2,1-2H3;1H,(H,7,8,9). The van der Waals surface area contributed by atoms with Gasteiger partial charge in [-0.05, 0) is 6.42 Å². The normalized spacial score (nSPS) is 12.1. The number of hydrogen-bond acceptors (Lipinski definition) is 3. The van der Waals surface area contributed by atoms with Gasteiger partial charge in [-0.15, -0.1) is 0 Å². The molecule has 0 radical (unpaired) electrons. The van der Waals surface area contributed by atoms with Crippen LogP contribution < -0.4 is 4.57 Å². The van der Waals surface area contributed by atoms with Gasteiger partial charge in [0.1, 0.15) is 12.4 Å². The third-order valence-corrected chi connectivity index (χ3v) is 6.67. The topological polar surface area (TPSA) is 76.9 Å². The predicted molar refractivity (Wildman–Crippen MR) is 126 cm³/mol. The van der Waals surface area contributed by atoms with Crippen LogP contribution in [0.15, 0.2) is 12.4 Å². The molecule has 1 rings (SSSR count). The van der Waals surface area contributed by atoms with E-state index in [0.29, 0.717) is 0 Å². The zero-order valence-corrected chi connectivity index (χ0v) is 21.7. The van der Waals surface area contributed by atoms with Gasteiger partial charge in [0.25, 0.3) is 5.82 Å². The Morgan fingerprint density at radius 2 is 1.24 bits per heavy atom. The van der Waals surface area contributed by atoms with Crippen molar-refractivity contribution in [2.75, 3.05) is 0 Å². The van der Waals surface area contributed by atoms with E-state index in [4.69, 9.17) is 0 Å². The Kier molecular flexibility index (Phi) is 18.4. The van der Waals surface area contributed by atoms with Crippen LogP contribution >= 0.6 is 0 Å². The summed E-state index contributed by atoms with van der Waals surface area (Å²) in [6, 6.07) is 0. The molecule has 1 aromatic rings. The van der Waals surface area contributed by atoms with Gasteiger partial charge in [-0.1, -0.05) is 103 Å². The number of H-pyrrole nitrogens is 1. The van der Waals surface area contributed by atoms with E-state index < -0.39 is 21.8 Å². The molecule has 1 heterocycles. The molecular weight excluding hydrogens is 472 g/mol. The summed E-state index contributed by atoms with van der Waals surface area (Å²) in [5.41, 5.74) is 0. The summed E-state index contributed by atoms with van der Waals surface area (Å²) in [5, 5.41) is -5.48. The van der Waals surface area contributed by atoms with Crippen LogP contribution in [-0.2, 0) is 23.6 Å². The second kappa shape index (κ2) is 19.1. The van der Waals surface area contributed by atoms with E-state index in [1.807, 2.05) is 6.20 Å². The molecule has 0 fully saturated rings. The minimum Gasteiger partial charge on any atom is -0.743 e. The average molecular weight is 517 g/mol. The number of hydrogen-bond donors (Lipinski definition) is 1. The van der Waals surface area contributed by atoms with E-state index in [2.05, 4.69) is 29.7 Å². The number of nitrogens with zero attached hydrogens (tertiary/aromatic N) is 1. The number of alkyl halides is 4. The number of unbranched alkanes of at least 4 members (excludes halogenated alkanes) is 15. The van der Waals surface area contributed by atoms with Crippen molar-refractivity contribution in [3.05, 3.63) is 18.2 Å². The molecule has 0 bridgehead atoms.